The summed E-state index contributed by atoms with van der Waals surface area (Å²) in [6.07, 6.45) is 5.07. The monoisotopic (exact) mass is 531 g/mol. The van der Waals surface area contributed by atoms with Gasteiger partial charge in [0.05, 0.1) is 5.88 Å². The van der Waals surface area contributed by atoms with E-state index in [1.807, 2.05) is 0 Å². The van der Waals surface area contributed by atoms with Crippen LogP contribution in [0.4, 0.5) is 0 Å². The molecule has 0 aromatic heterocycles. The van der Waals surface area contributed by atoms with Crippen molar-refractivity contribution in [1.29, 1.82) is 0 Å². The number of rotatable bonds is 12. The van der Waals surface area contributed by atoms with E-state index in [0.717, 1.165) is 32.5 Å². The average molecular weight is 532 g/mol. The van der Waals surface area contributed by atoms with Crippen LogP contribution < -0.4 is 0 Å². The number of ether oxygens (including phenoxy) is 3. The van der Waals surface area contributed by atoms with Crippen LogP contribution in [0.15, 0.2) is 36.5 Å². The highest BCUT2D eigenvalue weighted by atomic mass is 35.5. The van der Waals surface area contributed by atoms with E-state index in [1.165, 1.54) is 26.2 Å². The number of esters is 3. The van der Waals surface area contributed by atoms with Gasteiger partial charge in [-0.2, -0.15) is 0 Å². The lowest BCUT2D eigenvalue weighted by Crippen LogP contribution is -2.27. The Morgan fingerprint density at radius 2 is 1.36 bits per heavy atom. The number of nitrogens with zero attached hydrogens (tertiary/aromatic N) is 1. The molecule has 8 nitrogen and oxygen atoms in total. The zero-order chi connectivity index (χ0) is 28.1. The van der Waals surface area contributed by atoms with E-state index in [-0.39, 0.29) is 30.5 Å². The van der Waals surface area contributed by atoms with Crippen LogP contribution in [-0.4, -0.2) is 78.9 Å². The minimum atomic E-state index is -0.792. The molecular weight excluding hydrogens is 486 g/mol. The maximum atomic E-state index is 11.1. The van der Waals surface area contributed by atoms with Crippen LogP contribution in [0.2, 0.25) is 0 Å². The molecule has 1 aliphatic rings. The number of hydrogen-bond acceptors (Lipinski definition) is 8. The highest BCUT2D eigenvalue weighted by Gasteiger charge is 2.17. The third-order valence-electron chi connectivity index (χ3n) is 4.99. The Hall–Kier alpha value is -2.16. The molecule has 208 valence electrons. The maximum Gasteiger partial charge on any atom is 0.333 e. The van der Waals surface area contributed by atoms with Crippen LogP contribution in [0.5, 0.6) is 0 Å². The van der Waals surface area contributed by atoms with Gasteiger partial charge >= 0.3 is 17.9 Å². The van der Waals surface area contributed by atoms with E-state index >= 15 is 0 Å². The van der Waals surface area contributed by atoms with Crippen LogP contribution in [0.3, 0.4) is 0 Å². The second-order valence-corrected chi connectivity index (χ2v) is 8.88. The molecule has 0 bridgehead atoms. The van der Waals surface area contributed by atoms with Crippen molar-refractivity contribution in [3.05, 3.63) is 36.5 Å². The molecule has 1 N–H and O–H groups in total. The molecule has 0 heterocycles. The lowest BCUT2D eigenvalue weighted by molar-refractivity contribution is -0.145. The molecule has 0 spiro atoms. The van der Waals surface area contributed by atoms with E-state index in [2.05, 4.69) is 43.2 Å². The van der Waals surface area contributed by atoms with Gasteiger partial charge < -0.3 is 24.2 Å². The number of carbonyl (C=O) groups is 3. The molecule has 1 atom stereocenters. The van der Waals surface area contributed by atoms with Crippen molar-refractivity contribution in [3.8, 4) is 0 Å². The molecule has 1 rings (SSSR count). The molecule has 0 aromatic carbocycles. The van der Waals surface area contributed by atoms with Gasteiger partial charge in [-0.15, -0.1) is 11.6 Å². The Labute approximate surface area is 222 Å². The zero-order valence-corrected chi connectivity index (χ0v) is 23.5. The first-order chi connectivity index (χ1) is 16.9. The van der Waals surface area contributed by atoms with Crippen molar-refractivity contribution in [3.63, 3.8) is 0 Å². The molecule has 1 unspecified atom stereocenters. The van der Waals surface area contributed by atoms with E-state index in [4.69, 9.17) is 26.2 Å². The summed E-state index contributed by atoms with van der Waals surface area (Å²) in [5.74, 6) is -0.980. The molecular formula is C27H46ClNO7. The summed E-state index contributed by atoms with van der Waals surface area (Å²) in [5.41, 5.74) is 1.27. The van der Waals surface area contributed by atoms with Gasteiger partial charge in [-0.3, -0.25) is 0 Å². The lowest BCUT2D eigenvalue weighted by atomic mass is 9.98. The minimum Gasteiger partial charge on any atom is -0.461 e. The fourth-order valence-electron chi connectivity index (χ4n) is 2.71. The van der Waals surface area contributed by atoms with E-state index < -0.39 is 12.1 Å². The molecule has 1 aliphatic carbocycles. The van der Waals surface area contributed by atoms with E-state index in [1.54, 1.807) is 13.8 Å². The third kappa shape index (κ3) is 20.1. The largest absolute Gasteiger partial charge is 0.461 e. The minimum absolute atomic E-state index is 0.0590. The number of hydrogen-bond donors (Lipinski definition) is 1. The number of aliphatic hydroxyl groups is 1. The Kier molecular flexibility index (Phi) is 22.1. The Morgan fingerprint density at radius 3 is 1.78 bits per heavy atom. The quantitative estimate of drug-likeness (QED) is 0.169. The van der Waals surface area contributed by atoms with Gasteiger partial charge in [0.2, 0.25) is 0 Å². The van der Waals surface area contributed by atoms with Crippen molar-refractivity contribution in [2.24, 2.45) is 0 Å². The number of likely N-dealkylation sites (N-methyl/N-ethyl adjacent to an activating group) is 1. The van der Waals surface area contributed by atoms with E-state index in [0.29, 0.717) is 23.3 Å². The van der Waals surface area contributed by atoms with Crippen LogP contribution in [0.25, 0.3) is 0 Å². The van der Waals surface area contributed by atoms with Crippen molar-refractivity contribution in [1.82, 2.24) is 4.90 Å². The second-order valence-electron chi connectivity index (χ2n) is 8.58. The van der Waals surface area contributed by atoms with Crippen molar-refractivity contribution in [2.75, 3.05) is 38.7 Å². The molecule has 0 saturated heterocycles. The number of alkyl halides is 1. The highest BCUT2D eigenvalue weighted by Crippen LogP contribution is 2.20. The Morgan fingerprint density at radius 1 is 0.889 bits per heavy atom. The third-order valence-corrected chi connectivity index (χ3v) is 5.35. The molecule has 0 radical (unpaired) electrons. The van der Waals surface area contributed by atoms with Crippen molar-refractivity contribution < 1.29 is 33.7 Å². The summed E-state index contributed by atoms with van der Waals surface area (Å²) in [5, 5.41) is 8.85. The normalized spacial score (nSPS) is 13.7. The van der Waals surface area contributed by atoms with Gasteiger partial charge in [-0.05, 0) is 59.5 Å². The summed E-state index contributed by atoms with van der Waals surface area (Å²) < 4.78 is 14.8. The summed E-state index contributed by atoms with van der Waals surface area (Å²) in [4.78, 5) is 34.9. The van der Waals surface area contributed by atoms with Crippen LogP contribution in [0.1, 0.15) is 66.7 Å². The summed E-state index contributed by atoms with van der Waals surface area (Å²) >= 11 is 5.25. The van der Waals surface area contributed by atoms with E-state index in [9.17, 15) is 14.4 Å². The first-order valence-electron chi connectivity index (χ1n) is 12.4. The fraction of sp³-hybridized carbons (Fsp3) is 0.667. The second kappa shape index (κ2) is 22.1. The first-order valence-corrected chi connectivity index (χ1v) is 12.9. The van der Waals surface area contributed by atoms with Crippen LogP contribution in [-0.2, 0) is 28.6 Å². The number of carbonyl (C=O) groups excluding carboxylic acids is 3. The molecule has 1 saturated carbocycles. The molecule has 36 heavy (non-hydrogen) atoms. The predicted octanol–water partition coefficient (Wildman–Crippen LogP) is 4.59. The topological polar surface area (TPSA) is 102 Å². The zero-order valence-electron chi connectivity index (χ0n) is 22.8. The summed E-state index contributed by atoms with van der Waals surface area (Å²) in [6.45, 7) is 22.6. The summed E-state index contributed by atoms with van der Waals surface area (Å²) in [7, 11) is 0. The van der Waals surface area contributed by atoms with Gasteiger partial charge in [-0.25, -0.2) is 14.4 Å². The Bertz CT molecular complexity index is 698. The standard InChI is InChI=1S/C10H19NO2.C10H16O2.C7H11ClO3/c1-5-11(6-2)7-8-13-10(12)9(3)4;1-8(2)10(11)12-9-6-4-3-5-7-9;1-5(2)7(10)11-4-6(9)3-8/h3,5-8H2,1-2,4H3;9H,1,3-7H2,2H3;6,9H,1,3-4H2,2H3. The maximum absolute atomic E-state index is 11.1. The Balaban J connectivity index is 0. The first kappa shape index (κ1) is 36.0. The lowest BCUT2D eigenvalue weighted by Gasteiger charge is -2.21. The van der Waals surface area contributed by atoms with Gasteiger partial charge in [0, 0.05) is 23.3 Å². The van der Waals surface area contributed by atoms with Crippen LogP contribution >= 0.6 is 11.6 Å². The van der Waals surface area contributed by atoms with Crippen molar-refractivity contribution in [2.45, 2.75) is 78.9 Å². The fourth-order valence-corrected chi connectivity index (χ4v) is 2.79. The summed E-state index contributed by atoms with van der Waals surface area (Å²) in [6, 6.07) is 0. The van der Waals surface area contributed by atoms with Gasteiger partial charge in [-0.1, -0.05) is 40.0 Å². The molecule has 0 aromatic rings. The van der Waals surface area contributed by atoms with Crippen LogP contribution in [0, 0.1) is 0 Å². The molecule has 1 fully saturated rings. The van der Waals surface area contributed by atoms with Gasteiger partial charge in [0.15, 0.2) is 0 Å². The average Bonchev–Trinajstić information content (AvgIpc) is 2.85. The highest BCUT2D eigenvalue weighted by molar-refractivity contribution is 6.18. The van der Waals surface area contributed by atoms with Gasteiger partial charge in [0.25, 0.3) is 0 Å². The molecule has 0 aliphatic heterocycles. The number of aliphatic hydroxyl groups excluding tert-OH is 1. The predicted molar refractivity (Wildman–Crippen MR) is 144 cm³/mol. The molecule has 0 amide bonds. The van der Waals surface area contributed by atoms with Gasteiger partial charge in [0.1, 0.15) is 25.4 Å². The smallest absolute Gasteiger partial charge is 0.333 e. The number of halogens is 1. The molecule has 9 heteroatoms. The SMILES string of the molecule is C=C(C)C(=O)OC1CCCCC1.C=C(C)C(=O)OCC(O)CCl.C=C(C)C(=O)OCCN(CC)CC. The van der Waals surface area contributed by atoms with Crippen molar-refractivity contribution >= 4 is 29.5 Å².